The highest BCUT2D eigenvalue weighted by atomic mass is 15.1. The number of rotatable bonds is 0. The molecule has 0 bridgehead atoms. The van der Waals surface area contributed by atoms with Crippen LogP contribution in [0.25, 0.3) is 33.4 Å². The summed E-state index contributed by atoms with van der Waals surface area (Å²) in [5.41, 5.74) is 13.4. The predicted molar refractivity (Wildman–Crippen MR) is 123 cm³/mol. The Morgan fingerprint density at radius 3 is 1.86 bits per heavy atom. The van der Waals surface area contributed by atoms with Crippen LogP contribution in [0.2, 0.25) is 0 Å². The molecule has 0 aromatic heterocycles. The van der Waals surface area contributed by atoms with Crippen molar-refractivity contribution in [1.82, 2.24) is 0 Å². The maximum absolute atomic E-state index is 2.41. The van der Waals surface area contributed by atoms with Gasteiger partial charge in [-0.1, -0.05) is 92.7 Å². The zero-order chi connectivity index (χ0) is 19.8. The molecule has 6 rings (SSSR count). The Kier molecular flexibility index (Phi) is 3.21. The molecule has 1 aliphatic heterocycles. The Morgan fingerprint density at radius 2 is 1.10 bits per heavy atom. The molecule has 1 aliphatic carbocycles. The summed E-state index contributed by atoms with van der Waals surface area (Å²) in [5, 5.41) is 0. The molecule has 0 atom stereocenters. The first-order valence-corrected chi connectivity index (χ1v) is 10.3. The molecule has 0 amide bonds. The van der Waals surface area contributed by atoms with Gasteiger partial charge in [0.2, 0.25) is 0 Å². The summed E-state index contributed by atoms with van der Waals surface area (Å²) in [6, 6.07) is 31.2. The molecule has 0 N–H and O–H groups in total. The standard InChI is InChI=1S/C28H23N/c1-28(2)24-14-8-6-12-20(24)22-16-17-23-19-11-5-4-10-18(19)21-13-7-9-15-25(21)29(3)27(23)26(22)28/h4-17H,1-3H3. The zero-order valence-electron chi connectivity index (χ0n) is 17.0. The lowest BCUT2D eigenvalue weighted by Gasteiger charge is -2.31. The third-order valence-corrected chi connectivity index (χ3v) is 6.80. The van der Waals surface area contributed by atoms with E-state index in [0.717, 1.165) is 0 Å². The van der Waals surface area contributed by atoms with Crippen molar-refractivity contribution in [3.63, 3.8) is 0 Å². The fourth-order valence-corrected chi connectivity index (χ4v) is 5.48. The topological polar surface area (TPSA) is 3.24 Å². The first-order valence-electron chi connectivity index (χ1n) is 10.3. The molecule has 0 spiro atoms. The van der Waals surface area contributed by atoms with Crippen molar-refractivity contribution in [1.29, 1.82) is 0 Å². The Balaban J connectivity index is 1.78. The first kappa shape index (κ1) is 16.6. The van der Waals surface area contributed by atoms with Crippen LogP contribution >= 0.6 is 0 Å². The summed E-state index contributed by atoms with van der Waals surface area (Å²) in [5.74, 6) is 0. The first-order chi connectivity index (χ1) is 14.1. The monoisotopic (exact) mass is 373 g/mol. The minimum absolute atomic E-state index is 0.0419. The average Bonchev–Trinajstić information content (AvgIpc) is 2.93. The Morgan fingerprint density at radius 1 is 0.552 bits per heavy atom. The minimum Gasteiger partial charge on any atom is -0.343 e. The van der Waals surface area contributed by atoms with Gasteiger partial charge in [-0.25, -0.2) is 0 Å². The smallest absolute Gasteiger partial charge is 0.0535 e. The van der Waals surface area contributed by atoms with E-state index in [4.69, 9.17) is 0 Å². The number of nitrogens with zero attached hydrogens (tertiary/aromatic N) is 1. The van der Waals surface area contributed by atoms with Crippen LogP contribution in [0.4, 0.5) is 11.4 Å². The molecule has 1 heteroatoms. The van der Waals surface area contributed by atoms with E-state index in [2.05, 4.69) is 111 Å². The molecule has 0 saturated carbocycles. The third kappa shape index (κ3) is 2.05. The van der Waals surface area contributed by atoms with Crippen LogP contribution in [0, 0.1) is 0 Å². The highest BCUT2D eigenvalue weighted by Crippen LogP contribution is 2.57. The highest BCUT2D eigenvalue weighted by molar-refractivity contribution is 6.03. The molecular formula is C28H23N. The number of anilines is 2. The lowest BCUT2D eigenvalue weighted by atomic mass is 9.80. The fraction of sp³-hybridized carbons (Fsp3) is 0.143. The maximum atomic E-state index is 2.41. The van der Waals surface area contributed by atoms with Crippen LogP contribution in [0.5, 0.6) is 0 Å². The second kappa shape index (κ2) is 5.61. The molecule has 4 aromatic rings. The average molecular weight is 373 g/mol. The van der Waals surface area contributed by atoms with E-state index in [9.17, 15) is 0 Å². The third-order valence-electron chi connectivity index (χ3n) is 6.80. The predicted octanol–water partition coefficient (Wildman–Crippen LogP) is 7.41. The van der Waals surface area contributed by atoms with Crippen LogP contribution in [0.1, 0.15) is 25.0 Å². The second-order valence-electron chi connectivity index (χ2n) is 8.68. The van der Waals surface area contributed by atoms with Crippen LogP contribution in [0.15, 0.2) is 84.9 Å². The van der Waals surface area contributed by atoms with Gasteiger partial charge in [-0.05, 0) is 39.4 Å². The van der Waals surface area contributed by atoms with Crippen molar-refractivity contribution < 1.29 is 0 Å². The molecule has 4 aromatic carbocycles. The van der Waals surface area contributed by atoms with E-state index in [1.165, 1.54) is 55.9 Å². The quantitative estimate of drug-likeness (QED) is 0.310. The van der Waals surface area contributed by atoms with E-state index in [1.54, 1.807) is 0 Å². The normalized spacial score (nSPS) is 14.9. The molecule has 0 radical (unpaired) electrons. The number of fused-ring (bicyclic) bond motifs is 9. The van der Waals surface area contributed by atoms with Gasteiger partial charge in [-0.3, -0.25) is 0 Å². The van der Waals surface area contributed by atoms with Gasteiger partial charge in [0.05, 0.1) is 5.69 Å². The summed E-state index contributed by atoms with van der Waals surface area (Å²) in [6.07, 6.45) is 0. The van der Waals surface area contributed by atoms with Gasteiger partial charge in [0, 0.05) is 29.3 Å². The van der Waals surface area contributed by atoms with Gasteiger partial charge in [-0.15, -0.1) is 0 Å². The number of hydrogen-bond donors (Lipinski definition) is 0. The van der Waals surface area contributed by atoms with Crippen molar-refractivity contribution in [2.24, 2.45) is 0 Å². The molecule has 0 fully saturated rings. The molecule has 0 saturated heterocycles. The van der Waals surface area contributed by atoms with E-state index in [1.807, 2.05) is 0 Å². The molecule has 29 heavy (non-hydrogen) atoms. The fourth-order valence-electron chi connectivity index (χ4n) is 5.48. The van der Waals surface area contributed by atoms with Gasteiger partial charge in [-0.2, -0.15) is 0 Å². The molecule has 1 heterocycles. The van der Waals surface area contributed by atoms with E-state index in [0.29, 0.717) is 0 Å². The summed E-state index contributed by atoms with van der Waals surface area (Å²) in [4.78, 5) is 2.41. The summed E-state index contributed by atoms with van der Waals surface area (Å²) >= 11 is 0. The van der Waals surface area contributed by atoms with Gasteiger partial charge in [0.15, 0.2) is 0 Å². The van der Waals surface area contributed by atoms with Crippen molar-refractivity contribution in [2.75, 3.05) is 11.9 Å². The summed E-state index contributed by atoms with van der Waals surface area (Å²) in [7, 11) is 2.23. The van der Waals surface area contributed by atoms with Crippen molar-refractivity contribution in [3.8, 4) is 33.4 Å². The van der Waals surface area contributed by atoms with Crippen LogP contribution in [0.3, 0.4) is 0 Å². The van der Waals surface area contributed by atoms with Gasteiger partial charge < -0.3 is 4.90 Å². The van der Waals surface area contributed by atoms with Crippen molar-refractivity contribution in [2.45, 2.75) is 19.3 Å². The van der Waals surface area contributed by atoms with Crippen molar-refractivity contribution >= 4 is 11.4 Å². The SMILES string of the molecule is CN1c2ccccc2-c2ccccc2-c2ccc3c(c21)C(C)(C)c1ccccc1-3. The number of benzene rings is 4. The van der Waals surface area contributed by atoms with E-state index < -0.39 is 0 Å². The van der Waals surface area contributed by atoms with Crippen LogP contribution < -0.4 is 4.90 Å². The Labute approximate surface area is 172 Å². The van der Waals surface area contributed by atoms with Gasteiger partial charge in [0.1, 0.15) is 0 Å². The molecular weight excluding hydrogens is 350 g/mol. The lowest BCUT2D eigenvalue weighted by molar-refractivity contribution is 0.660. The van der Waals surface area contributed by atoms with Crippen LogP contribution in [-0.4, -0.2) is 7.05 Å². The Hall–Kier alpha value is -3.32. The van der Waals surface area contributed by atoms with Gasteiger partial charge in [0.25, 0.3) is 0 Å². The maximum Gasteiger partial charge on any atom is 0.0535 e. The lowest BCUT2D eigenvalue weighted by Crippen LogP contribution is -2.21. The molecule has 0 unspecified atom stereocenters. The number of para-hydroxylation sites is 1. The van der Waals surface area contributed by atoms with Crippen molar-refractivity contribution in [3.05, 3.63) is 96.1 Å². The largest absolute Gasteiger partial charge is 0.343 e. The zero-order valence-corrected chi connectivity index (χ0v) is 17.0. The summed E-state index contributed by atoms with van der Waals surface area (Å²) in [6.45, 7) is 4.74. The molecule has 140 valence electrons. The Bertz CT molecular complexity index is 1300. The van der Waals surface area contributed by atoms with E-state index >= 15 is 0 Å². The number of hydrogen-bond acceptors (Lipinski definition) is 1. The second-order valence-corrected chi connectivity index (χ2v) is 8.68. The molecule has 1 nitrogen and oxygen atoms in total. The van der Waals surface area contributed by atoms with Crippen LogP contribution in [-0.2, 0) is 5.41 Å². The summed E-state index contributed by atoms with van der Waals surface area (Å²) < 4.78 is 0. The van der Waals surface area contributed by atoms with E-state index in [-0.39, 0.29) is 5.41 Å². The highest BCUT2D eigenvalue weighted by Gasteiger charge is 2.40. The minimum atomic E-state index is -0.0419. The molecule has 2 aliphatic rings. The van der Waals surface area contributed by atoms with Gasteiger partial charge >= 0.3 is 0 Å².